The van der Waals surface area contributed by atoms with E-state index in [9.17, 15) is 9.90 Å². The Kier molecular flexibility index (Phi) is 4.71. The average molecular weight is 423 g/mol. The van der Waals surface area contributed by atoms with Crippen LogP contribution in [0, 0.1) is 12.8 Å². The molecule has 4 heterocycles. The smallest absolute Gasteiger partial charge is 0.229 e. The number of hydrogen-bond donors (Lipinski definition) is 2. The Hall–Kier alpha value is -2.91. The number of carbonyl (C=O) groups is 1. The van der Waals surface area contributed by atoms with Crippen molar-refractivity contribution in [2.75, 3.05) is 5.32 Å². The van der Waals surface area contributed by atoms with Gasteiger partial charge >= 0.3 is 0 Å². The van der Waals surface area contributed by atoms with Crippen molar-refractivity contribution in [2.45, 2.75) is 45.6 Å². The molecule has 1 aliphatic rings. The number of anilines is 1. The highest BCUT2D eigenvalue weighted by molar-refractivity contribution is 7.22. The molecule has 30 heavy (non-hydrogen) atoms. The van der Waals surface area contributed by atoms with Crippen LogP contribution in [0.25, 0.3) is 27.1 Å². The number of aliphatic hydroxyl groups is 1. The first-order valence-corrected chi connectivity index (χ1v) is 11.0. The Bertz CT molecular complexity index is 1260. The highest BCUT2D eigenvalue weighted by Gasteiger charge is 2.30. The van der Waals surface area contributed by atoms with Gasteiger partial charge < -0.3 is 10.4 Å². The van der Waals surface area contributed by atoms with E-state index in [0.29, 0.717) is 22.9 Å². The average Bonchev–Trinajstić information content (AvgIpc) is 3.32. The van der Waals surface area contributed by atoms with Crippen molar-refractivity contribution in [2.24, 2.45) is 5.92 Å². The first kappa shape index (κ1) is 19.1. The summed E-state index contributed by atoms with van der Waals surface area (Å²) in [5.74, 6) is 0.152. The maximum absolute atomic E-state index is 12.1. The van der Waals surface area contributed by atoms with Gasteiger partial charge in [0.25, 0.3) is 0 Å². The quantitative estimate of drug-likeness (QED) is 0.488. The van der Waals surface area contributed by atoms with Gasteiger partial charge in [-0.15, -0.1) is 0 Å². The number of fused-ring (bicyclic) bond motifs is 3. The number of amides is 1. The first-order chi connectivity index (χ1) is 14.5. The van der Waals surface area contributed by atoms with Gasteiger partial charge in [-0.25, -0.2) is 14.5 Å². The lowest BCUT2D eigenvalue weighted by Crippen LogP contribution is -2.12. The highest BCUT2D eigenvalue weighted by Crippen LogP contribution is 2.35. The van der Waals surface area contributed by atoms with Gasteiger partial charge in [0.05, 0.1) is 11.8 Å². The van der Waals surface area contributed by atoms with Crippen LogP contribution < -0.4 is 5.32 Å². The molecule has 1 saturated carbocycles. The molecule has 1 amide bonds. The Morgan fingerprint density at radius 1 is 1.33 bits per heavy atom. The number of pyridine rings is 2. The van der Waals surface area contributed by atoms with E-state index < -0.39 is 6.10 Å². The molecular weight excluding hydrogens is 400 g/mol. The molecule has 1 aliphatic carbocycles. The molecule has 1 fully saturated rings. The van der Waals surface area contributed by atoms with Gasteiger partial charge in [-0.2, -0.15) is 5.10 Å². The molecule has 4 aromatic heterocycles. The van der Waals surface area contributed by atoms with Crippen LogP contribution >= 0.6 is 11.3 Å². The molecule has 0 aromatic carbocycles. The minimum atomic E-state index is -0.561. The predicted octanol–water partition coefficient (Wildman–Crippen LogP) is 3.89. The summed E-state index contributed by atoms with van der Waals surface area (Å²) in [6.45, 7) is 4.04. The van der Waals surface area contributed by atoms with Crippen molar-refractivity contribution in [3.8, 4) is 11.1 Å². The zero-order chi connectivity index (χ0) is 20.8. The summed E-state index contributed by atoms with van der Waals surface area (Å²) in [7, 11) is 0. The highest BCUT2D eigenvalue weighted by atomic mass is 32.1. The summed E-state index contributed by atoms with van der Waals surface area (Å²) in [6.07, 6.45) is 6.20. The lowest BCUT2D eigenvalue weighted by molar-refractivity contribution is -0.117. The molecule has 154 valence electrons. The van der Waals surface area contributed by atoms with Gasteiger partial charge in [-0.3, -0.25) is 9.78 Å². The van der Waals surface area contributed by atoms with Crippen LogP contribution in [0.3, 0.4) is 0 Å². The van der Waals surface area contributed by atoms with Crippen molar-refractivity contribution in [3.05, 3.63) is 35.9 Å². The zero-order valence-electron chi connectivity index (χ0n) is 16.8. The van der Waals surface area contributed by atoms with Crippen LogP contribution in [0.4, 0.5) is 5.13 Å². The molecule has 0 radical (unpaired) electrons. The topological polar surface area (TPSA) is 105 Å². The van der Waals surface area contributed by atoms with Gasteiger partial charge in [0.1, 0.15) is 16.7 Å². The van der Waals surface area contributed by atoms with Crippen molar-refractivity contribution in [1.82, 2.24) is 24.6 Å². The fraction of sp³-hybridized carbons (Fsp3) is 0.381. The van der Waals surface area contributed by atoms with Crippen LogP contribution in [0.5, 0.6) is 0 Å². The van der Waals surface area contributed by atoms with Crippen LogP contribution in [0.2, 0.25) is 0 Å². The summed E-state index contributed by atoms with van der Waals surface area (Å²) >= 11 is 1.39. The van der Waals surface area contributed by atoms with E-state index in [0.717, 1.165) is 46.3 Å². The van der Waals surface area contributed by atoms with Crippen molar-refractivity contribution < 1.29 is 9.90 Å². The number of aromatic nitrogens is 5. The third-order valence-electron chi connectivity index (χ3n) is 5.40. The van der Waals surface area contributed by atoms with E-state index in [1.54, 1.807) is 10.7 Å². The van der Waals surface area contributed by atoms with E-state index >= 15 is 0 Å². The predicted molar refractivity (Wildman–Crippen MR) is 115 cm³/mol. The van der Waals surface area contributed by atoms with Crippen LogP contribution in [0.15, 0.2) is 24.7 Å². The zero-order valence-corrected chi connectivity index (χ0v) is 17.6. The van der Waals surface area contributed by atoms with Crippen LogP contribution in [-0.2, 0) is 4.79 Å². The number of nitrogens with one attached hydrogen (secondary N) is 1. The first-order valence-electron chi connectivity index (χ1n) is 10.1. The standard InChI is InChI=1S/C21H22N6O2S/c1-3-4-17(28)15-7-11(2)14(9-22-15)13-8-16-20(27-18(13)23-10-24-27)30-21(25-16)26-19(29)12-5-6-12/h7-10,12,17,28H,3-6H2,1-2H3,(H,25,26,29)/t17-/m1/s1. The summed E-state index contributed by atoms with van der Waals surface area (Å²) in [5, 5.41) is 18.1. The molecule has 0 aliphatic heterocycles. The molecule has 8 nitrogen and oxygen atoms in total. The fourth-order valence-electron chi connectivity index (χ4n) is 3.61. The van der Waals surface area contributed by atoms with Crippen molar-refractivity contribution in [3.63, 3.8) is 0 Å². The maximum atomic E-state index is 12.1. The third-order valence-corrected chi connectivity index (χ3v) is 6.36. The number of thiazole rings is 1. The number of aliphatic hydroxyl groups excluding tert-OH is 1. The van der Waals surface area contributed by atoms with Gasteiger partial charge in [0.15, 0.2) is 10.8 Å². The SMILES string of the molecule is CCC[C@@H](O)c1cc(C)c(-c2cc3nc(NC(=O)C4CC4)sc3n3ncnc23)cn1. The largest absolute Gasteiger partial charge is 0.387 e. The molecule has 4 aromatic rings. The minimum absolute atomic E-state index is 0.0328. The molecule has 2 N–H and O–H groups in total. The Morgan fingerprint density at radius 2 is 2.17 bits per heavy atom. The lowest BCUT2D eigenvalue weighted by atomic mass is 10.0. The fourth-order valence-corrected chi connectivity index (χ4v) is 4.52. The van der Waals surface area contributed by atoms with E-state index in [4.69, 9.17) is 0 Å². The summed E-state index contributed by atoms with van der Waals surface area (Å²) in [6, 6.07) is 3.89. The number of hydrogen-bond acceptors (Lipinski definition) is 7. The van der Waals surface area contributed by atoms with Crippen molar-refractivity contribution in [1.29, 1.82) is 0 Å². The second kappa shape index (κ2) is 7.41. The van der Waals surface area contributed by atoms with E-state index in [-0.39, 0.29) is 11.8 Å². The summed E-state index contributed by atoms with van der Waals surface area (Å²) in [4.78, 5) is 26.5. The third kappa shape index (κ3) is 3.33. The second-order valence-corrected chi connectivity index (χ2v) is 8.73. The monoisotopic (exact) mass is 422 g/mol. The normalized spacial score (nSPS) is 15.0. The number of carbonyl (C=O) groups excluding carboxylic acids is 1. The molecule has 0 saturated heterocycles. The van der Waals surface area contributed by atoms with Gasteiger partial charge in [-0.05, 0) is 43.9 Å². The Morgan fingerprint density at radius 3 is 2.90 bits per heavy atom. The number of nitrogens with zero attached hydrogens (tertiary/aromatic N) is 5. The molecule has 5 rings (SSSR count). The molecule has 0 unspecified atom stereocenters. The molecule has 9 heteroatoms. The minimum Gasteiger partial charge on any atom is -0.387 e. The number of aryl methyl sites for hydroxylation is 1. The van der Waals surface area contributed by atoms with Crippen molar-refractivity contribution >= 4 is 38.4 Å². The van der Waals surface area contributed by atoms with Crippen LogP contribution in [0.1, 0.15) is 50.0 Å². The Labute approximate surface area is 177 Å². The number of rotatable bonds is 6. The van der Waals surface area contributed by atoms with E-state index in [1.165, 1.54) is 17.7 Å². The second-order valence-electron chi connectivity index (χ2n) is 7.75. The Balaban J connectivity index is 1.58. The van der Waals surface area contributed by atoms with E-state index in [1.807, 2.05) is 26.0 Å². The van der Waals surface area contributed by atoms with E-state index in [2.05, 4.69) is 25.4 Å². The molecule has 0 bridgehead atoms. The van der Waals surface area contributed by atoms with Gasteiger partial charge in [0.2, 0.25) is 5.91 Å². The van der Waals surface area contributed by atoms with Gasteiger partial charge in [-0.1, -0.05) is 24.7 Å². The van der Waals surface area contributed by atoms with Gasteiger partial charge in [0, 0.05) is 23.2 Å². The molecular formula is C21H22N6O2S. The maximum Gasteiger partial charge on any atom is 0.229 e. The summed E-state index contributed by atoms with van der Waals surface area (Å²) in [5.41, 5.74) is 4.91. The lowest BCUT2D eigenvalue weighted by Gasteiger charge is -2.12. The summed E-state index contributed by atoms with van der Waals surface area (Å²) < 4.78 is 1.76. The molecule has 1 atom stereocenters. The molecule has 0 spiro atoms. The van der Waals surface area contributed by atoms with Crippen LogP contribution in [-0.4, -0.2) is 35.6 Å².